The maximum absolute atomic E-state index is 11.5. The van der Waals surface area contributed by atoms with E-state index in [9.17, 15) is 9.59 Å². The van der Waals surface area contributed by atoms with Crippen molar-refractivity contribution < 1.29 is 19.8 Å². The van der Waals surface area contributed by atoms with Crippen molar-refractivity contribution >= 4 is 23.6 Å². The number of aliphatic hydroxyl groups excluding tert-OH is 1. The van der Waals surface area contributed by atoms with E-state index in [-0.39, 0.29) is 25.0 Å². The molecule has 15 heavy (non-hydrogen) atoms. The van der Waals surface area contributed by atoms with Crippen LogP contribution in [0.25, 0.3) is 0 Å². The Labute approximate surface area is 91.4 Å². The summed E-state index contributed by atoms with van der Waals surface area (Å²) in [6, 6.07) is -1.33. The maximum atomic E-state index is 11.5. The van der Waals surface area contributed by atoms with Crippen molar-refractivity contribution in [2.24, 2.45) is 0 Å². The highest BCUT2D eigenvalue weighted by atomic mass is 32.2. The van der Waals surface area contributed by atoms with Crippen LogP contribution in [0.4, 0.5) is 0 Å². The summed E-state index contributed by atoms with van der Waals surface area (Å²) in [7, 11) is 0. The fourth-order valence-electron chi connectivity index (χ4n) is 1.22. The van der Waals surface area contributed by atoms with Crippen molar-refractivity contribution in [1.29, 1.82) is 0 Å². The van der Waals surface area contributed by atoms with E-state index in [4.69, 9.17) is 10.2 Å². The van der Waals surface area contributed by atoms with Gasteiger partial charge in [0, 0.05) is 24.7 Å². The van der Waals surface area contributed by atoms with Gasteiger partial charge in [-0.3, -0.25) is 10.1 Å². The van der Waals surface area contributed by atoms with Gasteiger partial charge in [0.05, 0.1) is 6.04 Å². The third kappa shape index (κ3) is 3.69. The van der Waals surface area contributed by atoms with Gasteiger partial charge in [0.1, 0.15) is 6.04 Å². The Kier molecular flexibility index (Phi) is 4.86. The van der Waals surface area contributed by atoms with E-state index >= 15 is 0 Å². The Morgan fingerprint density at radius 3 is 2.80 bits per heavy atom. The lowest BCUT2D eigenvalue weighted by atomic mass is 10.2. The predicted molar refractivity (Wildman–Crippen MR) is 55.5 cm³/mol. The average molecular weight is 234 g/mol. The number of amides is 1. The Bertz CT molecular complexity index is 243. The van der Waals surface area contributed by atoms with Gasteiger partial charge in [-0.2, -0.15) is 0 Å². The first-order chi connectivity index (χ1) is 7.15. The molecular weight excluding hydrogens is 220 g/mol. The molecule has 1 aliphatic heterocycles. The molecule has 0 radical (unpaired) electrons. The number of aliphatic carboxylic acids is 1. The normalized spacial score (nSPS) is 22.3. The van der Waals surface area contributed by atoms with Gasteiger partial charge in [0.15, 0.2) is 0 Å². The molecule has 7 heteroatoms. The van der Waals surface area contributed by atoms with Crippen LogP contribution in [-0.4, -0.2) is 52.4 Å². The number of carboxylic acid groups (broad SMARTS) is 1. The standard InChI is InChI=1S/C8H14N2O4S/c11-2-1-5(8(13)14)10-7(12)6-3-15-4-9-6/h5-6,9,11H,1-4H2,(H,10,12)(H,13,14)/t5-,6?/m0/s1. The van der Waals surface area contributed by atoms with Gasteiger partial charge < -0.3 is 15.5 Å². The highest BCUT2D eigenvalue weighted by Crippen LogP contribution is 2.09. The Morgan fingerprint density at radius 2 is 2.33 bits per heavy atom. The molecule has 1 heterocycles. The van der Waals surface area contributed by atoms with Crippen LogP contribution in [0.15, 0.2) is 0 Å². The van der Waals surface area contributed by atoms with Crippen LogP contribution in [0.2, 0.25) is 0 Å². The zero-order valence-corrected chi connectivity index (χ0v) is 8.92. The molecule has 0 aromatic carbocycles. The predicted octanol–water partition coefficient (Wildman–Crippen LogP) is -1.40. The number of hydrogen-bond donors (Lipinski definition) is 4. The molecular formula is C8H14N2O4S. The summed E-state index contributed by atoms with van der Waals surface area (Å²) in [5, 5.41) is 22.7. The second-order valence-electron chi connectivity index (χ2n) is 3.18. The third-order valence-corrected chi connectivity index (χ3v) is 3.00. The van der Waals surface area contributed by atoms with Crippen molar-refractivity contribution in [3.8, 4) is 0 Å². The van der Waals surface area contributed by atoms with E-state index in [1.54, 1.807) is 11.8 Å². The summed E-state index contributed by atoms with van der Waals surface area (Å²) in [5.41, 5.74) is 0. The van der Waals surface area contributed by atoms with Crippen LogP contribution >= 0.6 is 11.8 Å². The number of thioether (sulfide) groups is 1. The Morgan fingerprint density at radius 1 is 1.60 bits per heavy atom. The van der Waals surface area contributed by atoms with Crippen LogP contribution in [0.3, 0.4) is 0 Å². The summed E-state index contributed by atoms with van der Waals surface area (Å²) < 4.78 is 0. The minimum absolute atomic E-state index is 0.0287. The van der Waals surface area contributed by atoms with Crippen LogP contribution in [0.5, 0.6) is 0 Å². The van der Waals surface area contributed by atoms with E-state index < -0.39 is 12.0 Å². The Balaban J connectivity index is 2.42. The zero-order chi connectivity index (χ0) is 11.3. The van der Waals surface area contributed by atoms with Crippen LogP contribution in [0.1, 0.15) is 6.42 Å². The molecule has 1 aliphatic rings. The van der Waals surface area contributed by atoms with E-state index in [1.165, 1.54) is 0 Å². The quantitative estimate of drug-likeness (QED) is 0.467. The summed E-state index contributed by atoms with van der Waals surface area (Å²) >= 11 is 1.59. The zero-order valence-electron chi connectivity index (χ0n) is 8.10. The second-order valence-corrected chi connectivity index (χ2v) is 4.21. The van der Waals surface area contributed by atoms with Crippen molar-refractivity contribution in [2.45, 2.75) is 18.5 Å². The first kappa shape index (κ1) is 12.3. The fraction of sp³-hybridized carbons (Fsp3) is 0.750. The van der Waals surface area contributed by atoms with Crippen molar-refractivity contribution in [3.63, 3.8) is 0 Å². The van der Waals surface area contributed by atoms with E-state index in [0.717, 1.165) is 0 Å². The average Bonchev–Trinajstić information content (AvgIpc) is 2.69. The number of rotatable bonds is 5. The number of carboxylic acids is 1. The van der Waals surface area contributed by atoms with Crippen LogP contribution in [-0.2, 0) is 9.59 Å². The number of carbonyl (C=O) groups is 2. The van der Waals surface area contributed by atoms with Gasteiger partial charge in [0.2, 0.25) is 5.91 Å². The molecule has 1 amide bonds. The smallest absolute Gasteiger partial charge is 0.326 e. The van der Waals surface area contributed by atoms with Crippen molar-refractivity contribution in [1.82, 2.24) is 10.6 Å². The van der Waals surface area contributed by atoms with Gasteiger partial charge in [-0.1, -0.05) is 0 Å². The van der Waals surface area contributed by atoms with Crippen molar-refractivity contribution in [2.75, 3.05) is 18.2 Å². The first-order valence-corrected chi connectivity index (χ1v) is 5.75. The lowest BCUT2D eigenvalue weighted by Gasteiger charge is -2.16. The van der Waals surface area contributed by atoms with E-state index in [2.05, 4.69) is 10.6 Å². The molecule has 0 aromatic heterocycles. The molecule has 1 fully saturated rings. The molecule has 1 rings (SSSR count). The lowest BCUT2D eigenvalue weighted by molar-refractivity contribution is -0.142. The molecule has 86 valence electrons. The van der Waals surface area contributed by atoms with Crippen LogP contribution < -0.4 is 10.6 Å². The summed E-state index contributed by atoms with van der Waals surface area (Å²) in [4.78, 5) is 22.2. The molecule has 0 aromatic rings. The molecule has 0 saturated carbocycles. The number of carbonyl (C=O) groups excluding carboxylic acids is 1. The highest BCUT2D eigenvalue weighted by molar-refractivity contribution is 7.99. The molecule has 6 nitrogen and oxygen atoms in total. The van der Waals surface area contributed by atoms with E-state index in [0.29, 0.717) is 11.6 Å². The van der Waals surface area contributed by atoms with Gasteiger partial charge >= 0.3 is 5.97 Å². The first-order valence-electron chi connectivity index (χ1n) is 4.60. The summed E-state index contributed by atoms with van der Waals surface area (Å²) in [5.74, 6) is -0.0865. The van der Waals surface area contributed by atoms with Gasteiger partial charge in [-0.15, -0.1) is 11.8 Å². The summed E-state index contributed by atoms with van der Waals surface area (Å²) in [6.07, 6.45) is 0.0287. The number of hydrogen-bond acceptors (Lipinski definition) is 5. The maximum Gasteiger partial charge on any atom is 0.326 e. The molecule has 0 spiro atoms. The monoisotopic (exact) mass is 234 g/mol. The molecule has 2 atom stereocenters. The number of aliphatic hydroxyl groups is 1. The Hall–Kier alpha value is -0.790. The van der Waals surface area contributed by atoms with E-state index in [1.807, 2.05) is 0 Å². The number of nitrogens with one attached hydrogen (secondary N) is 2. The van der Waals surface area contributed by atoms with Gasteiger partial charge in [-0.25, -0.2) is 4.79 Å². The lowest BCUT2D eigenvalue weighted by Crippen LogP contribution is -2.49. The van der Waals surface area contributed by atoms with Gasteiger partial charge in [0.25, 0.3) is 0 Å². The van der Waals surface area contributed by atoms with Crippen LogP contribution in [0, 0.1) is 0 Å². The molecule has 1 saturated heterocycles. The minimum Gasteiger partial charge on any atom is -0.480 e. The molecule has 0 aliphatic carbocycles. The molecule has 0 bridgehead atoms. The van der Waals surface area contributed by atoms with Gasteiger partial charge in [-0.05, 0) is 0 Å². The third-order valence-electron chi connectivity index (χ3n) is 2.07. The summed E-state index contributed by atoms with van der Waals surface area (Å²) in [6.45, 7) is -0.260. The molecule has 4 N–H and O–H groups in total. The second kappa shape index (κ2) is 5.94. The highest BCUT2D eigenvalue weighted by Gasteiger charge is 2.26. The van der Waals surface area contributed by atoms with Crippen molar-refractivity contribution in [3.05, 3.63) is 0 Å². The molecule has 1 unspecified atom stereocenters. The minimum atomic E-state index is -1.12. The SMILES string of the molecule is O=C(N[C@@H](CCO)C(=O)O)C1CSCN1. The fourth-order valence-corrected chi connectivity index (χ4v) is 2.16. The topological polar surface area (TPSA) is 98.7 Å². The largest absolute Gasteiger partial charge is 0.480 e.